The van der Waals surface area contributed by atoms with E-state index < -0.39 is 0 Å². The summed E-state index contributed by atoms with van der Waals surface area (Å²) in [6.45, 7) is 15.4. The van der Waals surface area contributed by atoms with Crippen molar-refractivity contribution < 1.29 is 9.47 Å². The lowest BCUT2D eigenvalue weighted by atomic mass is 9.81. The number of hydrogen-bond acceptors (Lipinski definition) is 2. The molecular formula is C40H38O2. The summed E-state index contributed by atoms with van der Waals surface area (Å²) in [7, 11) is 0. The number of benzene rings is 6. The van der Waals surface area contributed by atoms with Gasteiger partial charge in [0.05, 0.1) is 19.1 Å². The highest BCUT2D eigenvalue weighted by atomic mass is 16.5. The highest BCUT2D eigenvalue weighted by Crippen LogP contribution is 2.45. The third kappa shape index (κ3) is 5.25. The van der Waals surface area contributed by atoms with Gasteiger partial charge < -0.3 is 9.47 Å². The van der Waals surface area contributed by atoms with Gasteiger partial charge in [-0.2, -0.15) is 0 Å². The predicted octanol–water partition coefficient (Wildman–Crippen LogP) is 11.0. The summed E-state index contributed by atoms with van der Waals surface area (Å²) in [5.74, 6) is 0. The van der Waals surface area contributed by atoms with E-state index in [2.05, 4.69) is 125 Å². The average molecular weight is 551 g/mol. The van der Waals surface area contributed by atoms with E-state index in [9.17, 15) is 0 Å². The van der Waals surface area contributed by atoms with Gasteiger partial charge in [0.15, 0.2) is 0 Å². The van der Waals surface area contributed by atoms with Gasteiger partial charge in [0.1, 0.15) is 6.61 Å². The summed E-state index contributed by atoms with van der Waals surface area (Å²) in [4.78, 5) is 0. The summed E-state index contributed by atoms with van der Waals surface area (Å²) in [6.07, 6.45) is 4.96. The smallest absolute Gasteiger partial charge is 0.112 e. The van der Waals surface area contributed by atoms with Crippen molar-refractivity contribution in [1.82, 2.24) is 0 Å². The van der Waals surface area contributed by atoms with Crippen LogP contribution in [0.5, 0.6) is 0 Å². The minimum Gasteiger partial charge on any atom is -0.502 e. The van der Waals surface area contributed by atoms with Crippen LogP contribution < -0.4 is 0 Å². The van der Waals surface area contributed by atoms with Gasteiger partial charge in [-0.25, -0.2) is 0 Å². The van der Waals surface area contributed by atoms with E-state index in [-0.39, 0.29) is 5.41 Å². The molecule has 0 saturated heterocycles. The van der Waals surface area contributed by atoms with E-state index in [0.717, 1.165) is 18.4 Å². The molecule has 6 aromatic rings. The van der Waals surface area contributed by atoms with E-state index in [1.807, 2.05) is 0 Å². The molecule has 210 valence electrons. The SMILES string of the molecule is C=COCCCc1ccc(-c2cc(-c3ccc(COC=C)cc3)c3ccc4cc(C(C)(C)C)cc5ccc2c3c54)cc1. The fourth-order valence-electron chi connectivity index (χ4n) is 6.06. The molecule has 6 aromatic carbocycles. The van der Waals surface area contributed by atoms with Crippen LogP contribution in [0.25, 0.3) is 54.6 Å². The van der Waals surface area contributed by atoms with Crippen molar-refractivity contribution in [2.45, 2.75) is 45.6 Å². The maximum atomic E-state index is 5.42. The first-order valence-electron chi connectivity index (χ1n) is 14.8. The van der Waals surface area contributed by atoms with Gasteiger partial charge in [-0.15, -0.1) is 0 Å². The monoisotopic (exact) mass is 550 g/mol. The van der Waals surface area contributed by atoms with E-state index in [1.54, 1.807) is 0 Å². The molecule has 0 spiro atoms. The Labute approximate surface area is 249 Å². The second kappa shape index (κ2) is 11.4. The Morgan fingerprint density at radius 3 is 1.69 bits per heavy atom. The summed E-state index contributed by atoms with van der Waals surface area (Å²) in [6, 6.07) is 34.2. The largest absolute Gasteiger partial charge is 0.502 e. The second-order valence-electron chi connectivity index (χ2n) is 12.1. The molecule has 0 aliphatic carbocycles. The molecule has 0 aromatic heterocycles. The van der Waals surface area contributed by atoms with Gasteiger partial charge in [0.25, 0.3) is 0 Å². The van der Waals surface area contributed by atoms with Gasteiger partial charge in [-0.3, -0.25) is 0 Å². The lowest BCUT2D eigenvalue weighted by Gasteiger charge is -2.23. The molecule has 2 heteroatoms. The van der Waals surface area contributed by atoms with Crippen LogP contribution in [0.4, 0.5) is 0 Å². The Hall–Kier alpha value is -4.56. The van der Waals surface area contributed by atoms with Gasteiger partial charge >= 0.3 is 0 Å². The summed E-state index contributed by atoms with van der Waals surface area (Å²) in [5.41, 5.74) is 8.81. The van der Waals surface area contributed by atoms with Gasteiger partial charge in [0.2, 0.25) is 0 Å². The van der Waals surface area contributed by atoms with Crippen LogP contribution in [0.2, 0.25) is 0 Å². The van der Waals surface area contributed by atoms with Crippen molar-refractivity contribution in [3.05, 3.63) is 133 Å². The number of hydrogen-bond donors (Lipinski definition) is 0. The quantitative estimate of drug-likeness (QED) is 0.0959. The lowest BCUT2D eigenvalue weighted by Crippen LogP contribution is -2.10. The fourth-order valence-corrected chi connectivity index (χ4v) is 6.06. The van der Waals surface area contributed by atoms with Crippen LogP contribution >= 0.6 is 0 Å². The molecule has 0 aliphatic rings. The number of ether oxygens (including phenoxy) is 2. The maximum Gasteiger partial charge on any atom is 0.112 e. The van der Waals surface area contributed by atoms with Crippen molar-refractivity contribution in [2.24, 2.45) is 0 Å². The molecule has 6 rings (SSSR count). The van der Waals surface area contributed by atoms with E-state index in [1.165, 1.54) is 78.2 Å². The van der Waals surface area contributed by atoms with Crippen molar-refractivity contribution in [1.29, 1.82) is 0 Å². The molecule has 42 heavy (non-hydrogen) atoms. The zero-order valence-corrected chi connectivity index (χ0v) is 24.9. The normalized spacial score (nSPS) is 11.8. The zero-order valence-electron chi connectivity index (χ0n) is 24.9. The van der Waals surface area contributed by atoms with Gasteiger partial charge in [-0.1, -0.05) is 119 Å². The first kappa shape index (κ1) is 27.6. The molecule has 0 bridgehead atoms. The molecule has 0 atom stereocenters. The molecule has 0 aliphatic heterocycles. The van der Waals surface area contributed by atoms with Gasteiger partial charge in [0, 0.05) is 0 Å². The Balaban J connectivity index is 1.55. The first-order chi connectivity index (χ1) is 20.4. The van der Waals surface area contributed by atoms with Crippen LogP contribution in [0.1, 0.15) is 43.9 Å². The molecular weight excluding hydrogens is 512 g/mol. The predicted molar refractivity (Wildman–Crippen MR) is 179 cm³/mol. The maximum absolute atomic E-state index is 5.42. The Morgan fingerprint density at radius 2 is 1.17 bits per heavy atom. The van der Waals surface area contributed by atoms with Crippen LogP contribution in [0.15, 0.2) is 117 Å². The third-order valence-corrected chi connectivity index (χ3v) is 8.33. The van der Waals surface area contributed by atoms with Crippen LogP contribution in [0, 0.1) is 0 Å². The van der Waals surface area contributed by atoms with E-state index in [4.69, 9.17) is 9.47 Å². The van der Waals surface area contributed by atoms with Crippen molar-refractivity contribution in [3.63, 3.8) is 0 Å². The Bertz CT molecular complexity index is 1850. The minimum atomic E-state index is 0.0807. The molecule has 0 amide bonds. The van der Waals surface area contributed by atoms with E-state index in [0.29, 0.717) is 13.2 Å². The first-order valence-corrected chi connectivity index (χ1v) is 14.8. The van der Waals surface area contributed by atoms with Crippen molar-refractivity contribution >= 4 is 32.3 Å². The minimum absolute atomic E-state index is 0.0807. The van der Waals surface area contributed by atoms with Crippen molar-refractivity contribution in [2.75, 3.05) is 6.61 Å². The second-order valence-corrected chi connectivity index (χ2v) is 12.1. The van der Waals surface area contributed by atoms with Crippen molar-refractivity contribution in [3.8, 4) is 22.3 Å². The average Bonchev–Trinajstić information content (AvgIpc) is 3.00. The molecule has 2 nitrogen and oxygen atoms in total. The molecule has 0 N–H and O–H groups in total. The van der Waals surface area contributed by atoms with Crippen LogP contribution in [-0.4, -0.2) is 6.61 Å². The Morgan fingerprint density at radius 1 is 0.619 bits per heavy atom. The number of rotatable bonds is 10. The topological polar surface area (TPSA) is 18.5 Å². The van der Waals surface area contributed by atoms with E-state index >= 15 is 0 Å². The zero-order chi connectivity index (χ0) is 29.3. The Kier molecular flexibility index (Phi) is 7.47. The van der Waals surface area contributed by atoms with Crippen LogP contribution in [0.3, 0.4) is 0 Å². The molecule has 0 fully saturated rings. The molecule has 0 saturated carbocycles. The summed E-state index contributed by atoms with van der Waals surface area (Å²) >= 11 is 0. The molecule has 0 unspecified atom stereocenters. The standard InChI is InChI=1S/C40H38O2/c1-6-41-22-8-9-27-10-14-29(15-11-27)36-25-37(30-16-12-28(13-17-30)26-42-7-2)35-21-19-32-24-33(40(3,4)5)23-31-18-20-34(36)39(35)38(31)32/h6-7,10-21,23-25H,1-2,8-9,22,26H2,3-5H3. The fraction of sp³-hybridized carbons (Fsp3) is 0.200. The van der Waals surface area contributed by atoms with Crippen LogP contribution in [-0.2, 0) is 27.9 Å². The highest BCUT2D eigenvalue weighted by Gasteiger charge is 2.20. The number of aryl methyl sites for hydroxylation is 1. The summed E-state index contributed by atoms with van der Waals surface area (Å²) in [5, 5.41) is 7.85. The summed E-state index contributed by atoms with van der Waals surface area (Å²) < 4.78 is 10.7. The highest BCUT2D eigenvalue weighted by molar-refractivity contribution is 6.28. The molecule has 0 heterocycles. The third-order valence-electron chi connectivity index (χ3n) is 8.33. The van der Waals surface area contributed by atoms with Gasteiger partial charge in [-0.05, 0) is 95.6 Å². The molecule has 0 radical (unpaired) electrons. The lowest BCUT2D eigenvalue weighted by molar-refractivity contribution is 0.238.